The Morgan fingerprint density at radius 2 is 2.07 bits per heavy atom. The Bertz CT molecular complexity index is 470. The lowest BCUT2D eigenvalue weighted by Crippen LogP contribution is -2.26. The number of hydrogen-bond donors (Lipinski definition) is 0. The Morgan fingerprint density at radius 3 is 2.79 bits per heavy atom. The van der Waals surface area contributed by atoms with Crippen LogP contribution in [0, 0.1) is 11.0 Å². The van der Waals surface area contributed by atoms with Crippen LogP contribution >= 0.6 is 27.5 Å². The Hall–Kier alpha value is -0.870. The van der Waals surface area contributed by atoms with E-state index < -0.39 is 5.82 Å². The second-order valence-corrected chi connectivity index (χ2v) is 4.16. The topological polar surface area (TPSA) is 26.9 Å². The van der Waals surface area contributed by atoms with Gasteiger partial charge in [-0.2, -0.15) is 4.73 Å². The quantitative estimate of drug-likeness (QED) is 0.537. The van der Waals surface area contributed by atoms with Crippen LogP contribution in [0.2, 0.25) is 5.02 Å². The number of nitrogens with zero attached hydrogens (tertiary/aromatic N) is 1. The molecule has 72 valence electrons. The lowest BCUT2D eigenvalue weighted by molar-refractivity contribution is -0.576. The largest absolute Gasteiger partial charge is 0.618 e. The van der Waals surface area contributed by atoms with Gasteiger partial charge in [-0.25, -0.2) is 4.39 Å². The van der Waals surface area contributed by atoms with E-state index in [0.29, 0.717) is 9.20 Å². The minimum Gasteiger partial charge on any atom is -0.618 e. The highest BCUT2D eigenvalue weighted by Crippen LogP contribution is 2.22. The zero-order chi connectivity index (χ0) is 10.3. The number of aromatic nitrogens is 1. The van der Waals surface area contributed by atoms with E-state index in [4.69, 9.17) is 11.6 Å². The first-order chi connectivity index (χ1) is 6.58. The highest BCUT2D eigenvalue weighted by atomic mass is 79.9. The van der Waals surface area contributed by atoms with Gasteiger partial charge in [0.25, 0.3) is 0 Å². The molecule has 14 heavy (non-hydrogen) atoms. The molecule has 0 saturated heterocycles. The minimum atomic E-state index is -0.471. The van der Waals surface area contributed by atoms with Gasteiger partial charge in [0.05, 0.1) is 5.39 Å². The first-order valence-corrected chi connectivity index (χ1v) is 4.92. The van der Waals surface area contributed by atoms with Gasteiger partial charge in [-0.05, 0) is 12.1 Å². The molecular weight excluding hydrogens is 272 g/mol. The summed E-state index contributed by atoms with van der Waals surface area (Å²) in [5, 5.41) is 11.8. The van der Waals surface area contributed by atoms with Gasteiger partial charge in [0, 0.05) is 10.5 Å². The van der Waals surface area contributed by atoms with Crippen LogP contribution in [0.5, 0.6) is 0 Å². The lowest BCUT2D eigenvalue weighted by Gasteiger charge is -2.03. The van der Waals surface area contributed by atoms with Crippen molar-refractivity contribution in [3.63, 3.8) is 0 Å². The van der Waals surface area contributed by atoms with Gasteiger partial charge in [0.15, 0.2) is 6.20 Å². The molecular formula is C9H4BrClFNO. The SMILES string of the molecule is [O-][n+]1cc(Cl)cc2c(F)cc(Br)cc21. The number of pyridine rings is 1. The van der Waals surface area contributed by atoms with Crippen LogP contribution in [0.3, 0.4) is 0 Å². The van der Waals surface area contributed by atoms with Gasteiger partial charge in [0.1, 0.15) is 10.8 Å². The van der Waals surface area contributed by atoms with Crippen molar-refractivity contribution in [1.29, 1.82) is 0 Å². The smallest absolute Gasteiger partial charge is 0.227 e. The van der Waals surface area contributed by atoms with Crippen LogP contribution in [0.1, 0.15) is 0 Å². The number of halogens is 3. The standard InChI is InChI=1S/C9H4BrClFNO/c10-5-1-8(12)7-3-6(11)4-13(14)9(7)2-5/h1-4H. The normalized spacial score (nSPS) is 10.8. The molecule has 0 aliphatic carbocycles. The molecule has 0 aliphatic heterocycles. The third kappa shape index (κ3) is 1.55. The van der Waals surface area contributed by atoms with Gasteiger partial charge < -0.3 is 5.21 Å². The van der Waals surface area contributed by atoms with E-state index in [-0.39, 0.29) is 15.9 Å². The van der Waals surface area contributed by atoms with E-state index in [1.54, 1.807) is 6.07 Å². The fourth-order valence-corrected chi connectivity index (χ4v) is 1.87. The van der Waals surface area contributed by atoms with Crippen molar-refractivity contribution in [3.05, 3.63) is 44.9 Å². The van der Waals surface area contributed by atoms with Crippen LogP contribution in [0.25, 0.3) is 10.9 Å². The molecule has 0 aliphatic rings. The molecule has 1 aromatic carbocycles. The van der Waals surface area contributed by atoms with Crippen molar-refractivity contribution < 1.29 is 9.12 Å². The summed E-state index contributed by atoms with van der Waals surface area (Å²) < 4.78 is 14.4. The fraction of sp³-hybridized carbons (Fsp3) is 0. The zero-order valence-corrected chi connectivity index (χ0v) is 9.14. The van der Waals surface area contributed by atoms with E-state index in [2.05, 4.69) is 15.9 Å². The van der Waals surface area contributed by atoms with Crippen LogP contribution in [-0.4, -0.2) is 0 Å². The summed E-state index contributed by atoms with van der Waals surface area (Å²) in [7, 11) is 0. The Morgan fingerprint density at radius 1 is 1.36 bits per heavy atom. The van der Waals surface area contributed by atoms with Gasteiger partial charge >= 0.3 is 0 Å². The molecule has 0 radical (unpaired) electrons. The van der Waals surface area contributed by atoms with Gasteiger partial charge in [-0.15, -0.1) is 0 Å². The molecule has 1 aromatic heterocycles. The molecule has 0 fully saturated rings. The summed E-state index contributed by atoms with van der Waals surface area (Å²) in [5.41, 5.74) is 0.251. The molecule has 0 N–H and O–H groups in total. The van der Waals surface area contributed by atoms with Gasteiger partial charge in [0.2, 0.25) is 5.52 Å². The number of hydrogen-bond acceptors (Lipinski definition) is 1. The summed E-state index contributed by atoms with van der Waals surface area (Å²) in [6.45, 7) is 0. The van der Waals surface area contributed by atoms with Crippen LogP contribution < -0.4 is 4.73 Å². The third-order valence-electron chi connectivity index (χ3n) is 1.83. The number of rotatable bonds is 0. The van der Waals surface area contributed by atoms with Gasteiger partial charge in [-0.3, -0.25) is 0 Å². The zero-order valence-electron chi connectivity index (χ0n) is 6.80. The molecule has 5 heteroatoms. The molecule has 0 atom stereocenters. The maximum Gasteiger partial charge on any atom is 0.227 e. The summed E-state index contributed by atoms with van der Waals surface area (Å²) in [4.78, 5) is 0. The predicted molar refractivity (Wildman–Crippen MR) is 55.6 cm³/mol. The Balaban J connectivity index is 2.94. The van der Waals surface area contributed by atoms with E-state index in [1.165, 1.54) is 18.3 Å². The lowest BCUT2D eigenvalue weighted by atomic mass is 10.2. The average molecular weight is 276 g/mol. The first-order valence-electron chi connectivity index (χ1n) is 3.75. The summed E-state index contributed by atoms with van der Waals surface area (Å²) in [6.07, 6.45) is 1.19. The Kier molecular flexibility index (Phi) is 2.33. The summed E-state index contributed by atoms with van der Waals surface area (Å²) in [6, 6.07) is 4.26. The molecule has 0 amide bonds. The van der Waals surface area contributed by atoms with Crippen LogP contribution in [0.15, 0.2) is 28.9 Å². The van der Waals surface area contributed by atoms with E-state index in [1.807, 2.05) is 0 Å². The van der Waals surface area contributed by atoms with Crippen molar-refractivity contribution in [2.45, 2.75) is 0 Å². The number of benzene rings is 1. The van der Waals surface area contributed by atoms with E-state index in [9.17, 15) is 9.60 Å². The number of fused-ring (bicyclic) bond motifs is 1. The fourth-order valence-electron chi connectivity index (χ4n) is 1.25. The third-order valence-corrected chi connectivity index (χ3v) is 2.50. The van der Waals surface area contributed by atoms with Crippen molar-refractivity contribution >= 4 is 38.4 Å². The molecule has 0 saturated carbocycles. The van der Waals surface area contributed by atoms with Crippen LogP contribution in [-0.2, 0) is 0 Å². The highest BCUT2D eigenvalue weighted by Gasteiger charge is 2.11. The minimum absolute atomic E-state index is 0.216. The monoisotopic (exact) mass is 275 g/mol. The van der Waals surface area contributed by atoms with Crippen molar-refractivity contribution in [2.75, 3.05) is 0 Å². The van der Waals surface area contributed by atoms with Crippen molar-refractivity contribution in [2.24, 2.45) is 0 Å². The Labute approximate surface area is 92.6 Å². The maximum absolute atomic E-state index is 13.4. The predicted octanol–water partition coefficient (Wildman–Crippen LogP) is 3.03. The summed E-state index contributed by atoms with van der Waals surface area (Å²) >= 11 is 8.75. The van der Waals surface area contributed by atoms with Gasteiger partial charge in [-0.1, -0.05) is 27.5 Å². The molecule has 0 bridgehead atoms. The molecule has 2 nitrogen and oxygen atoms in total. The molecule has 2 aromatic rings. The highest BCUT2D eigenvalue weighted by molar-refractivity contribution is 9.10. The first kappa shape index (κ1) is 9.68. The molecule has 2 rings (SSSR count). The second-order valence-electron chi connectivity index (χ2n) is 2.80. The maximum atomic E-state index is 13.4. The van der Waals surface area contributed by atoms with E-state index in [0.717, 1.165) is 0 Å². The molecule has 0 spiro atoms. The average Bonchev–Trinajstić information content (AvgIpc) is 2.07. The van der Waals surface area contributed by atoms with Crippen molar-refractivity contribution in [3.8, 4) is 0 Å². The van der Waals surface area contributed by atoms with Crippen molar-refractivity contribution in [1.82, 2.24) is 0 Å². The molecule has 0 unspecified atom stereocenters. The van der Waals surface area contributed by atoms with Crippen LogP contribution in [0.4, 0.5) is 4.39 Å². The molecule has 1 heterocycles. The van der Waals surface area contributed by atoms with E-state index >= 15 is 0 Å². The summed E-state index contributed by atoms with van der Waals surface area (Å²) in [5.74, 6) is -0.471. The second kappa shape index (κ2) is 3.37.